The van der Waals surface area contributed by atoms with Crippen molar-refractivity contribution in [2.75, 3.05) is 11.4 Å². The van der Waals surface area contributed by atoms with Crippen molar-refractivity contribution in [1.82, 2.24) is 4.98 Å². The van der Waals surface area contributed by atoms with Gasteiger partial charge in [-0.25, -0.2) is 0 Å². The summed E-state index contributed by atoms with van der Waals surface area (Å²) in [5.74, 6) is -0.0219. The Kier molecular flexibility index (Phi) is 3.88. The van der Waals surface area contributed by atoms with Gasteiger partial charge >= 0.3 is 0 Å². The number of aromatic nitrogens is 1. The molecule has 0 N–H and O–H groups in total. The molecule has 0 atom stereocenters. The highest BCUT2D eigenvalue weighted by molar-refractivity contribution is 6.10. The highest BCUT2D eigenvalue weighted by Crippen LogP contribution is 2.27. The van der Waals surface area contributed by atoms with E-state index in [2.05, 4.69) is 17.1 Å². The summed E-state index contributed by atoms with van der Waals surface area (Å²) in [5.41, 5.74) is 2.45. The van der Waals surface area contributed by atoms with Crippen LogP contribution in [0.2, 0.25) is 0 Å². The Morgan fingerprint density at radius 2 is 1.82 bits per heavy atom. The minimum Gasteiger partial charge on any atom is -0.308 e. The number of nitrogens with zero attached hydrogens (tertiary/aromatic N) is 2. The first-order valence-electron chi connectivity index (χ1n) is 7.43. The molecule has 1 heterocycles. The lowest BCUT2D eigenvalue weighted by Gasteiger charge is -2.22. The van der Waals surface area contributed by atoms with Crippen molar-refractivity contribution in [2.24, 2.45) is 0 Å². The number of hydrogen-bond acceptors (Lipinski definition) is 2. The van der Waals surface area contributed by atoms with Crippen molar-refractivity contribution in [3.05, 3.63) is 72.1 Å². The van der Waals surface area contributed by atoms with Gasteiger partial charge in [0, 0.05) is 23.8 Å². The zero-order valence-electron chi connectivity index (χ0n) is 12.8. The Bertz CT molecular complexity index is 804. The first kappa shape index (κ1) is 14.3. The van der Waals surface area contributed by atoms with Crippen LogP contribution >= 0.6 is 0 Å². The van der Waals surface area contributed by atoms with Crippen molar-refractivity contribution in [2.45, 2.75) is 13.8 Å². The van der Waals surface area contributed by atoms with E-state index in [0.29, 0.717) is 12.1 Å². The molecule has 3 rings (SSSR count). The molecule has 2 aromatic carbocycles. The van der Waals surface area contributed by atoms with E-state index < -0.39 is 0 Å². The van der Waals surface area contributed by atoms with Crippen molar-refractivity contribution < 1.29 is 4.79 Å². The van der Waals surface area contributed by atoms with Crippen LogP contribution < -0.4 is 4.90 Å². The number of benzene rings is 2. The number of aryl methyl sites for hydroxylation is 1. The van der Waals surface area contributed by atoms with Gasteiger partial charge in [0.05, 0.1) is 11.3 Å². The Hall–Kier alpha value is -2.68. The number of rotatable bonds is 3. The Morgan fingerprint density at radius 3 is 2.55 bits per heavy atom. The van der Waals surface area contributed by atoms with Crippen LogP contribution in [-0.2, 0) is 0 Å². The van der Waals surface area contributed by atoms with Crippen LogP contribution in [-0.4, -0.2) is 17.4 Å². The van der Waals surface area contributed by atoms with Gasteiger partial charge in [-0.1, -0.05) is 36.4 Å². The highest BCUT2D eigenvalue weighted by Gasteiger charge is 2.18. The first-order valence-corrected chi connectivity index (χ1v) is 7.43. The maximum Gasteiger partial charge on any atom is 0.259 e. The van der Waals surface area contributed by atoms with Crippen molar-refractivity contribution >= 4 is 22.4 Å². The standard InChI is InChI=1S/C19H18N2O/c1-3-21(19(22)16-12-11-14(2)20-13-16)18-10-6-8-15-7-4-5-9-17(15)18/h4-13H,3H2,1-2H3. The third-order valence-electron chi connectivity index (χ3n) is 3.78. The van der Waals surface area contributed by atoms with Gasteiger partial charge in [0.1, 0.15) is 0 Å². The zero-order valence-corrected chi connectivity index (χ0v) is 12.8. The minimum absolute atomic E-state index is 0.0219. The monoisotopic (exact) mass is 290 g/mol. The van der Waals surface area contributed by atoms with Crippen molar-refractivity contribution in [3.8, 4) is 0 Å². The molecule has 0 spiro atoms. The minimum atomic E-state index is -0.0219. The average molecular weight is 290 g/mol. The fourth-order valence-corrected chi connectivity index (χ4v) is 2.62. The predicted octanol–water partition coefficient (Wildman–Crippen LogP) is 4.21. The molecular formula is C19H18N2O. The fraction of sp³-hybridized carbons (Fsp3) is 0.158. The van der Waals surface area contributed by atoms with Gasteiger partial charge in [-0.2, -0.15) is 0 Å². The SMILES string of the molecule is CCN(C(=O)c1ccc(C)nc1)c1cccc2ccccc12. The molecule has 0 bridgehead atoms. The van der Waals surface area contributed by atoms with E-state index in [1.807, 2.05) is 56.3 Å². The van der Waals surface area contributed by atoms with E-state index in [1.54, 1.807) is 11.1 Å². The largest absolute Gasteiger partial charge is 0.308 e. The summed E-state index contributed by atoms with van der Waals surface area (Å²) in [6.45, 7) is 4.51. The lowest BCUT2D eigenvalue weighted by molar-refractivity contribution is 0.0988. The molecule has 0 aliphatic heterocycles. The number of fused-ring (bicyclic) bond motifs is 1. The second-order valence-electron chi connectivity index (χ2n) is 5.24. The molecule has 0 unspecified atom stereocenters. The van der Waals surface area contributed by atoms with Gasteiger partial charge in [-0.15, -0.1) is 0 Å². The van der Waals surface area contributed by atoms with Crippen LogP contribution in [0.4, 0.5) is 5.69 Å². The second-order valence-corrected chi connectivity index (χ2v) is 5.24. The number of carbonyl (C=O) groups is 1. The molecule has 110 valence electrons. The summed E-state index contributed by atoms with van der Waals surface area (Å²) in [6.07, 6.45) is 1.64. The van der Waals surface area contributed by atoms with Gasteiger partial charge in [0.2, 0.25) is 0 Å². The van der Waals surface area contributed by atoms with E-state index in [1.165, 1.54) is 0 Å². The molecule has 0 radical (unpaired) electrons. The van der Waals surface area contributed by atoms with Crippen LogP contribution in [0.5, 0.6) is 0 Å². The van der Waals surface area contributed by atoms with Crippen molar-refractivity contribution in [3.63, 3.8) is 0 Å². The quantitative estimate of drug-likeness (QED) is 0.724. The van der Waals surface area contributed by atoms with E-state index >= 15 is 0 Å². The maximum absolute atomic E-state index is 12.8. The van der Waals surface area contributed by atoms with Gasteiger partial charge in [0.15, 0.2) is 0 Å². The van der Waals surface area contributed by atoms with Crippen LogP contribution in [0, 0.1) is 6.92 Å². The first-order chi connectivity index (χ1) is 10.7. The summed E-state index contributed by atoms with van der Waals surface area (Å²) in [6, 6.07) is 17.9. The summed E-state index contributed by atoms with van der Waals surface area (Å²) >= 11 is 0. The second kappa shape index (κ2) is 5.98. The zero-order chi connectivity index (χ0) is 15.5. The lowest BCUT2D eigenvalue weighted by Crippen LogP contribution is -2.30. The van der Waals surface area contributed by atoms with Crippen LogP contribution in [0.15, 0.2) is 60.8 Å². The molecule has 3 heteroatoms. The molecule has 1 amide bonds. The Morgan fingerprint density at radius 1 is 1.05 bits per heavy atom. The maximum atomic E-state index is 12.8. The molecule has 0 fully saturated rings. The van der Waals surface area contributed by atoms with E-state index in [4.69, 9.17) is 0 Å². The molecule has 0 saturated heterocycles. The topological polar surface area (TPSA) is 33.2 Å². The van der Waals surface area contributed by atoms with Gasteiger partial charge in [-0.3, -0.25) is 9.78 Å². The average Bonchev–Trinajstić information content (AvgIpc) is 2.56. The number of hydrogen-bond donors (Lipinski definition) is 0. The number of pyridine rings is 1. The van der Waals surface area contributed by atoms with E-state index in [9.17, 15) is 4.79 Å². The Labute approximate surface area is 130 Å². The third-order valence-corrected chi connectivity index (χ3v) is 3.78. The van der Waals surface area contributed by atoms with Gasteiger partial charge < -0.3 is 4.90 Å². The molecule has 1 aromatic heterocycles. The van der Waals surface area contributed by atoms with Gasteiger partial charge in [-0.05, 0) is 37.4 Å². The van der Waals surface area contributed by atoms with E-state index in [-0.39, 0.29) is 5.91 Å². The molecule has 3 nitrogen and oxygen atoms in total. The highest BCUT2D eigenvalue weighted by atomic mass is 16.2. The molecule has 0 aliphatic rings. The summed E-state index contributed by atoms with van der Waals surface area (Å²) in [4.78, 5) is 18.8. The smallest absolute Gasteiger partial charge is 0.259 e. The summed E-state index contributed by atoms with van der Waals surface area (Å²) < 4.78 is 0. The third kappa shape index (κ3) is 2.58. The summed E-state index contributed by atoms with van der Waals surface area (Å²) in [7, 11) is 0. The van der Waals surface area contributed by atoms with Crippen LogP contribution in [0.25, 0.3) is 10.8 Å². The normalized spacial score (nSPS) is 10.6. The number of amides is 1. The number of carbonyl (C=O) groups excluding carboxylic acids is 1. The Balaban J connectivity index is 2.06. The molecular weight excluding hydrogens is 272 g/mol. The summed E-state index contributed by atoms with van der Waals surface area (Å²) in [5, 5.41) is 2.22. The molecule has 3 aromatic rings. The fourth-order valence-electron chi connectivity index (χ4n) is 2.62. The van der Waals surface area contributed by atoms with Crippen LogP contribution in [0.1, 0.15) is 23.0 Å². The number of anilines is 1. The molecule has 0 aliphatic carbocycles. The lowest BCUT2D eigenvalue weighted by atomic mass is 10.1. The molecule has 22 heavy (non-hydrogen) atoms. The predicted molar refractivity (Wildman–Crippen MR) is 90.3 cm³/mol. The van der Waals surface area contributed by atoms with Crippen LogP contribution in [0.3, 0.4) is 0 Å². The van der Waals surface area contributed by atoms with Crippen molar-refractivity contribution in [1.29, 1.82) is 0 Å². The van der Waals surface area contributed by atoms with Gasteiger partial charge in [0.25, 0.3) is 5.91 Å². The van der Waals surface area contributed by atoms with E-state index in [0.717, 1.165) is 22.2 Å². The molecule has 0 saturated carbocycles.